The first-order valence-corrected chi connectivity index (χ1v) is 12.2. The second-order valence-electron chi connectivity index (χ2n) is 7.96. The summed E-state index contributed by atoms with van der Waals surface area (Å²) in [6.45, 7) is 3.22. The van der Waals surface area contributed by atoms with Crippen molar-refractivity contribution in [2.45, 2.75) is 31.7 Å². The summed E-state index contributed by atoms with van der Waals surface area (Å²) in [7, 11) is -3.19. The van der Waals surface area contributed by atoms with Crippen molar-refractivity contribution in [2.75, 3.05) is 50.4 Å². The van der Waals surface area contributed by atoms with Gasteiger partial charge in [0.15, 0.2) is 0 Å². The molecule has 4 rings (SSSR count). The van der Waals surface area contributed by atoms with Gasteiger partial charge in [0.05, 0.1) is 25.2 Å². The molecule has 2 saturated heterocycles. The lowest BCUT2D eigenvalue weighted by molar-refractivity contribution is -0.146. The van der Waals surface area contributed by atoms with Crippen LogP contribution in [0.3, 0.4) is 0 Å². The fourth-order valence-electron chi connectivity index (χ4n) is 3.76. The number of rotatable bonds is 6. The summed E-state index contributed by atoms with van der Waals surface area (Å²) < 4.78 is 73.0. The van der Waals surface area contributed by atoms with Crippen LogP contribution in [0, 0.1) is 0 Å². The fourth-order valence-corrected chi connectivity index (χ4v) is 4.59. The average Bonchev–Trinajstić information content (AvgIpc) is 3.24. The van der Waals surface area contributed by atoms with Gasteiger partial charge in [-0.25, -0.2) is 18.4 Å². The minimum Gasteiger partial charge on any atom is -0.473 e. The first-order valence-electron chi connectivity index (χ1n) is 10.4. The van der Waals surface area contributed by atoms with Crippen molar-refractivity contribution in [2.24, 2.45) is 0 Å². The second-order valence-corrected chi connectivity index (χ2v) is 9.95. The van der Waals surface area contributed by atoms with Crippen molar-refractivity contribution in [3.63, 3.8) is 0 Å². The van der Waals surface area contributed by atoms with Crippen LogP contribution in [0.1, 0.15) is 24.6 Å². The van der Waals surface area contributed by atoms with Crippen LogP contribution in [0.25, 0.3) is 0 Å². The highest BCUT2D eigenvalue weighted by atomic mass is 32.2. The van der Waals surface area contributed by atoms with Crippen molar-refractivity contribution in [3.05, 3.63) is 24.1 Å². The molecule has 33 heavy (non-hydrogen) atoms. The third-order valence-electron chi connectivity index (χ3n) is 5.55. The molecule has 0 saturated carbocycles. The number of ether oxygens (including phenoxy) is 1. The van der Waals surface area contributed by atoms with Crippen LogP contribution in [-0.4, -0.2) is 89.4 Å². The molecular formula is C18H24F3N7O4S. The number of anilines is 1. The first kappa shape index (κ1) is 23.6. The lowest BCUT2D eigenvalue weighted by atomic mass is 10.1. The van der Waals surface area contributed by atoms with Gasteiger partial charge in [0.1, 0.15) is 11.9 Å². The molecule has 2 aromatic rings. The molecule has 15 heteroatoms. The third kappa shape index (κ3) is 6.09. The quantitative estimate of drug-likeness (QED) is 0.579. The number of sulfonamides is 1. The molecule has 4 heterocycles. The Morgan fingerprint density at radius 1 is 1.09 bits per heavy atom. The molecule has 2 fully saturated rings. The Bertz CT molecular complexity index is 1030. The Kier molecular flexibility index (Phi) is 6.72. The van der Waals surface area contributed by atoms with E-state index in [1.165, 1.54) is 10.6 Å². The summed E-state index contributed by atoms with van der Waals surface area (Å²) in [5, 5.41) is 2.97. The highest BCUT2D eigenvalue weighted by Gasteiger charge is 2.37. The third-order valence-corrected chi connectivity index (χ3v) is 6.85. The van der Waals surface area contributed by atoms with E-state index in [1.54, 1.807) is 12.4 Å². The smallest absolute Gasteiger partial charge is 0.455 e. The first-order chi connectivity index (χ1) is 15.6. The topological polar surface area (TPSA) is 118 Å². The van der Waals surface area contributed by atoms with Gasteiger partial charge in [-0.05, 0) is 12.8 Å². The molecule has 0 spiro atoms. The largest absolute Gasteiger partial charge is 0.473 e. The van der Waals surface area contributed by atoms with Gasteiger partial charge >= 0.3 is 6.18 Å². The van der Waals surface area contributed by atoms with Gasteiger partial charge in [0.2, 0.25) is 21.8 Å². The van der Waals surface area contributed by atoms with Crippen LogP contribution < -0.4 is 9.64 Å². The van der Waals surface area contributed by atoms with Crippen molar-refractivity contribution in [1.29, 1.82) is 0 Å². The van der Waals surface area contributed by atoms with Crippen LogP contribution in [0.2, 0.25) is 0 Å². The summed E-state index contributed by atoms with van der Waals surface area (Å²) in [5.74, 6) is -0.294. The SMILES string of the molecule is CS(=O)(=O)N1CCN(c2cnc(OC3CCN(Cc4nc(C(F)(F)F)no4)CC3)cn2)CC1. The maximum atomic E-state index is 12.6. The van der Waals surface area contributed by atoms with E-state index >= 15 is 0 Å². The number of nitrogens with zero attached hydrogens (tertiary/aromatic N) is 7. The van der Waals surface area contributed by atoms with Crippen LogP contribution >= 0.6 is 0 Å². The summed E-state index contributed by atoms with van der Waals surface area (Å²) in [6.07, 6.45) is 0.968. The van der Waals surface area contributed by atoms with E-state index < -0.39 is 22.0 Å². The van der Waals surface area contributed by atoms with E-state index in [0.29, 0.717) is 63.8 Å². The lowest BCUT2D eigenvalue weighted by Gasteiger charge is -2.33. The standard InChI is InChI=1S/C18H24F3N7O4S/c1-33(29,30)28-8-6-27(7-9-28)14-10-23-15(11-22-14)31-13-2-4-26(5-3-13)12-16-24-17(25-32-16)18(19,20)21/h10-11,13H,2-9,12H2,1H3. The minimum absolute atomic E-state index is 0.0690. The monoisotopic (exact) mass is 491 g/mol. The number of likely N-dealkylation sites (tertiary alicyclic amines) is 1. The van der Waals surface area contributed by atoms with E-state index in [9.17, 15) is 21.6 Å². The van der Waals surface area contributed by atoms with Crippen LogP contribution in [0.4, 0.5) is 19.0 Å². The van der Waals surface area contributed by atoms with Crippen LogP contribution in [-0.2, 0) is 22.7 Å². The highest BCUT2D eigenvalue weighted by molar-refractivity contribution is 7.88. The van der Waals surface area contributed by atoms with Gasteiger partial charge in [-0.2, -0.15) is 22.5 Å². The molecule has 2 aromatic heterocycles. The van der Waals surface area contributed by atoms with Gasteiger partial charge < -0.3 is 14.2 Å². The molecule has 0 aromatic carbocycles. The molecule has 0 atom stereocenters. The van der Waals surface area contributed by atoms with Gasteiger partial charge in [-0.1, -0.05) is 5.16 Å². The molecular weight excluding hydrogens is 467 g/mol. The van der Waals surface area contributed by atoms with Crippen molar-refractivity contribution < 1.29 is 30.8 Å². The molecule has 0 bridgehead atoms. The number of alkyl halides is 3. The molecule has 0 radical (unpaired) electrons. The lowest BCUT2D eigenvalue weighted by Crippen LogP contribution is -2.48. The van der Waals surface area contributed by atoms with E-state index in [4.69, 9.17) is 9.26 Å². The minimum atomic E-state index is -4.62. The number of halogens is 3. The van der Waals surface area contributed by atoms with Gasteiger partial charge in [-0.15, -0.1) is 0 Å². The van der Waals surface area contributed by atoms with Crippen LogP contribution in [0.15, 0.2) is 16.9 Å². The summed E-state index contributed by atoms with van der Waals surface area (Å²) >= 11 is 0. The van der Waals surface area contributed by atoms with Crippen LogP contribution in [0.5, 0.6) is 5.88 Å². The summed E-state index contributed by atoms with van der Waals surface area (Å²) in [4.78, 5) is 16.0. The van der Waals surface area contributed by atoms with Crippen molar-refractivity contribution >= 4 is 15.8 Å². The Morgan fingerprint density at radius 2 is 1.79 bits per heavy atom. The average molecular weight is 491 g/mol. The predicted molar refractivity (Wildman–Crippen MR) is 109 cm³/mol. The molecule has 2 aliphatic rings. The Labute approximate surface area is 188 Å². The molecule has 0 amide bonds. The Hall–Kier alpha value is -2.52. The molecule has 0 N–H and O–H groups in total. The highest BCUT2D eigenvalue weighted by Crippen LogP contribution is 2.27. The van der Waals surface area contributed by atoms with Gasteiger partial charge in [0.25, 0.3) is 5.82 Å². The molecule has 0 aliphatic carbocycles. The zero-order valence-electron chi connectivity index (χ0n) is 17.9. The number of hydrogen-bond donors (Lipinski definition) is 0. The van der Waals surface area contributed by atoms with E-state index in [0.717, 1.165) is 0 Å². The normalized spacial score (nSPS) is 19.7. The number of aromatic nitrogens is 4. The fraction of sp³-hybridized carbons (Fsp3) is 0.667. The molecule has 182 valence electrons. The molecule has 0 unspecified atom stereocenters. The second kappa shape index (κ2) is 9.38. The van der Waals surface area contributed by atoms with E-state index in [2.05, 4.69) is 20.1 Å². The maximum absolute atomic E-state index is 12.6. The van der Waals surface area contributed by atoms with Gasteiger partial charge in [0, 0.05) is 39.3 Å². The number of piperidine rings is 1. The Morgan fingerprint density at radius 3 is 2.33 bits per heavy atom. The van der Waals surface area contributed by atoms with E-state index in [-0.39, 0.29) is 18.5 Å². The predicted octanol–water partition coefficient (Wildman–Crippen LogP) is 1.00. The molecule has 2 aliphatic heterocycles. The Balaban J connectivity index is 1.23. The number of piperazine rings is 1. The van der Waals surface area contributed by atoms with E-state index in [1.807, 2.05) is 9.80 Å². The van der Waals surface area contributed by atoms with Gasteiger partial charge in [-0.3, -0.25) is 4.90 Å². The zero-order valence-corrected chi connectivity index (χ0v) is 18.7. The number of hydrogen-bond acceptors (Lipinski definition) is 10. The van der Waals surface area contributed by atoms with Crippen molar-refractivity contribution in [3.8, 4) is 5.88 Å². The van der Waals surface area contributed by atoms with Crippen molar-refractivity contribution in [1.82, 2.24) is 29.3 Å². The summed E-state index contributed by atoms with van der Waals surface area (Å²) in [5.41, 5.74) is 0. The molecule has 11 nitrogen and oxygen atoms in total. The maximum Gasteiger partial charge on any atom is 0.455 e. The zero-order chi connectivity index (χ0) is 23.6. The summed E-state index contributed by atoms with van der Waals surface area (Å²) in [6, 6.07) is 0.